The molecule has 1 rings (SSSR count). The summed E-state index contributed by atoms with van der Waals surface area (Å²) in [6, 6.07) is 8.05. The van der Waals surface area contributed by atoms with Gasteiger partial charge in [-0.3, -0.25) is 0 Å². The van der Waals surface area contributed by atoms with Crippen LogP contribution in [0.2, 0.25) is 0 Å². The lowest BCUT2D eigenvalue weighted by Gasteiger charge is -2.05. The van der Waals surface area contributed by atoms with E-state index >= 15 is 0 Å². The SMILES string of the molecule is CSCOc1ccccc1C. The average molecular weight is 168 g/mol. The van der Waals surface area contributed by atoms with Crippen molar-refractivity contribution in [1.29, 1.82) is 0 Å². The molecule has 1 nitrogen and oxygen atoms in total. The van der Waals surface area contributed by atoms with Crippen LogP contribution < -0.4 is 4.74 Å². The van der Waals surface area contributed by atoms with Crippen molar-refractivity contribution in [3.8, 4) is 5.75 Å². The molecule has 0 unspecified atom stereocenters. The molecule has 0 saturated heterocycles. The van der Waals surface area contributed by atoms with E-state index in [1.54, 1.807) is 11.8 Å². The second-order valence-electron chi connectivity index (χ2n) is 2.32. The number of hydrogen-bond acceptors (Lipinski definition) is 2. The van der Waals surface area contributed by atoms with Gasteiger partial charge in [-0.1, -0.05) is 18.2 Å². The molecular formula is C9H12OS. The molecule has 0 N–H and O–H groups in total. The highest BCUT2D eigenvalue weighted by atomic mass is 32.2. The van der Waals surface area contributed by atoms with Crippen LogP contribution in [-0.4, -0.2) is 12.2 Å². The van der Waals surface area contributed by atoms with Gasteiger partial charge in [0.2, 0.25) is 0 Å². The van der Waals surface area contributed by atoms with Gasteiger partial charge in [0, 0.05) is 0 Å². The van der Waals surface area contributed by atoms with E-state index in [1.807, 2.05) is 24.5 Å². The Labute approximate surface area is 71.8 Å². The molecule has 0 fully saturated rings. The zero-order chi connectivity index (χ0) is 8.10. The first-order valence-corrected chi connectivity index (χ1v) is 4.91. The summed E-state index contributed by atoms with van der Waals surface area (Å²) in [5, 5.41) is 0. The molecule has 0 aliphatic rings. The monoisotopic (exact) mass is 168 g/mol. The lowest BCUT2D eigenvalue weighted by molar-refractivity contribution is 0.390. The topological polar surface area (TPSA) is 9.23 Å². The minimum absolute atomic E-state index is 0.727. The van der Waals surface area contributed by atoms with Crippen LogP contribution in [0.4, 0.5) is 0 Å². The van der Waals surface area contributed by atoms with Gasteiger partial charge in [0.15, 0.2) is 0 Å². The summed E-state index contributed by atoms with van der Waals surface area (Å²) in [7, 11) is 0. The summed E-state index contributed by atoms with van der Waals surface area (Å²) in [5.74, 6) is 1.71. The number of benzene rings is 1. The summed E-state index contributed by atoms with van der Waals surface area (Å²) >= 11 is 1.68. The summed E-state index contributed by atoms with van der Waals surface area (Å²) in [5.41, 5.74) is 1.20. The normalized spacial score (nSPS) is 9.64. The summed E-state index contributed by atoms with van der Waals surface area (Å²) in [6.07, 6.45) is 2.03. The van der Waals surface area contributed by atoms with Gasteiger partial charge in [-0.25, -0.2) is 0 Å². The van der Waals surface area contributed by atoms with Crippen molar-refractivity contribution in [3.63, 3.8) is 0 Å². The van der Waals surface area contributed by atoms with E-state index in [0.717, 1.165) is 11.7 Å². The Balaban J connectivity index is 2.62. The number of ether oxygens (including phenoxy) is 1. The predicted octanol–water partition coefficient (Wildman–Crippen LogP) is 2.69. The van der Waals surface area contributed by atoms with E-state index in [-0.39, 0.29) is 0 Å². The van der Waals surface area contributed by atoms with Crippen molar-refractivity contribution in [2.45, 2.75) is 6.92 Å². The molecule has 1 aromatic rings. The highest BCUT2D eigenvalue weighted by Gasteiger charge is 1.94. The van der Waals surface area contributed by atoms with Gasteiger partial charge in [-0.05, 0) is 24.8 Å². The number of aryl methyl sites for hydroxylation is 1. The van der Waals surface area contributed by atoms with Gasteiger partial charge in [0.1, 0.15) is 11.7 Å². The van der Waals surface area contributed by atoms with E-state index in [9.17, 15) is 0 Å². The lowest BCUT2D eigenvalue weighted by Crippen LogP contribution is -1.92. The molecule has 0 aliphatic carbocycles. The minimum atomic E-state index is 0.727. The van der Waals surface area contributed by atoms with Crippen LogP contribution in [0.5, 0.6) is 5.75 Å². The van der Waals surface area contributed by atoms with Gasteiger partial charge >= 0.3 is 0 Å². The van der Waals surface area contributed by atoms with Crippen LogP contribution in [-0.2, 0) is 0 Å². The van der Waals surface area contributed by atoms with Crippen molar-refractivity contribution in [2.75, 3.05) is 12.2 Å². The molecule has 2 heteroatoms. The van der Waals surface area contributed by atoms with Crippen molar-refractivity contribution in [3.05, 3.63) is 29.8 Å². The van der Waals surface area contributed by atoms with E-state index < -0.39 is 0 Å². The van der Waals surface area contributed by atoms with Crippen molar-refractivity contribution in [1.82, 2.24) is 0 Å². The highest BCUT2D eigenvalue weighted by Crippen LogP contribution is 2.16. The van der Waals surface area contributed by atoms with E-state index in [1.165, 1.54) is 5.56 Å². The molecule has 0 atom stereocenters. The van der Waals surface area contributed by atoms with Crippen molar-refractivity contribution in [2.24, 2.45) is 0 Å². The lowest BCUT2D eigenvalue weighted by atomic mass is 10.2. The second kappa shape index (κ2) is 4.29. The van der Waals surface area contributed by atoms with E-state index in [0.29, 0.717) is 0 Å². The average Bonchev–Trinajstić information content (AvgIpc) is 2.03. The predicted molar refractivity (Wildman–Crippen MR) is 50.2 cm³/mol. The molecule has 1 aromatic carbocycles. The Morgan fingerprint density at radius 2 is 2.09 bits per heavy atom. The first-order chi connectivity index (χ1) is 5.34. The third-order valence-electron chi connectivity index (χ3n) is 1.43. The Morgan fingerprint density at radius 1 is 1.36 bits per heavy atom. The van der Waals surface area contributed by atoms with Crippen LogP contribution in [0.25, 0.3) is 0 Å². The molecule has 11 heavy (non-hydrogen) atoms. The Kier molecular flexibility index (Phi) is 3.30. The van der Waals surface area contributed by atoms with Gasteiger partial charge in [0.05, 0.1) is 0 Å². The number of hydrogen-bond donors (Lipinski definition) is 0. The van der Waals surface area contributed by atoms with E-state index in [2.05, 4.69) is 13.0 Å². The molecule has 0 aromatic heterocycles. The van der Waals surface area contributed by atoms with Crippen LogP contribution in [0.3, 0.4) is 0 Å². The summed E-state index contributed by atoms with van der Waals surface area (Å²) < 4.78 is 5.45. The van der Waals surface area contributed by atoms with Gasteiger partial charge < -0.3 is 4.74 Å². The Bertz CT molecular complexity index is 223. The first-order valence-electron chi connectivity index (χ1n) is 3.52. The number of rotatable bonds is 3. The fraction of sp³-hybridized carbons (Fsp3) is 0.333. The number of thioether (sulfide) groups is 1. The van der Waals surface area contributed by atoms with Crippen molar-refractivity contribution < 1.29 is 4.74 Å². The second-order valence-corrected chi connectivity index (χ2v) is 3.13. The Morgan fingerprint density at radius 3 is 2.73 bits per heavy atom. The quantitative estimate of drug-likeness (QED) is 0.642. The smallest absolute Gasteiger partial charge is 0.133 e. The molecule has 0 aliphatic heterocycles. The fourth-order valence-corrected chi connectivity index (χ4v) is 1.09. The molecule has 0 amide bonds. The summed E-state index contributed by atoms with van der Waals surface area (Å²) in [4.78, 5) is 0. The largest absolute Gasteiger partial charge is 0.483 e. The maximum Gasteiger partial charge on any atom is 0.133 e. The maximum atomic E-state index is 5.45. The van der Waals surface area contributed by atoms with Crippen LogP contribution >= 0.6 is 11.8 Å². The van der Waals surface area contributed by atoms with Gasteiger partial charge in [0.25, 0.3) is 0 Å². The van der Waals surface area contributed by atoms with Crippen LogP contribution in [0, 0.1) is 6.92 Å². The third-order valence-corrected chi connectivity index (χ3v) is 1.78. The molecule has 0 spiro atoms. The highest BCUT2D eigenvalue weighted by molar-refractivity contribution is 7.98. The zero-order valence-corrected chi connectivity index (χ0v) is 7.65. The van der Waals surface area contributed by atoms with Crippen molar-refractivity contribution >= 4 is 11.8 Å². The zero-order valence-electron chi connectivity index (χ0n) is 6.83. The molecular weight excluding hydrogens is 156 g/mol. The molecule has 60 valence electrons. The van der Waals surface area contributed by atoms with E-state index in [4.69, 9.17) is 4.74 Å². The molecule has 0 bridgehead atoms. The standard InChI is InChI=1S/C9H12OS/c1-8-5-3-4-6-9(8)10-7-11-2/h3-6H,7H2,1-2H3. The van der Waals surface area contributed by atoms with Gasteiger partial charge in [-0.2, -0.15) is 0 Å². The number of para-hydroxylation sites is 1. The Hall–Kier alpha value is -0.630. The van der Waals surface area contributed by atoms with Crippen LogP contribution in [0.1, 0.15) is 5.56 Å². The molecule has 0 heterocycles. The first kappa shape index (κ1) is 8.47. The van der Waals surface area contributed by atoms with Crippen LogP contribution in [0.15, 0.2) is 24.3 Å². The maximum absolute atomic E-state index is 5.45. The molecule has 0 saturated carbocycles. The van der Waals surface area contributed by atoms with Gasteiger partial charge in [-0.15, -0.1) is 11.8 Å². The fourth-order valence-electron chi connectivity index (χ4n) is 0.841. The summed E-state index contributed by atoms with van der Waals surface area (Å²) in [6.45, 7) is 2.05. The third kappa shape index (κ3) is 2.46. The minimum Gasteiger partial charge on any atom is -0.483 e. The molecule has 0 radical (unpaired) electrons.